The molecule has 1 atom stereocenters. The summed E-state index contributed by atoms with van der Waals surface area (Å²) in [6, 6.07) is 13.8. The van der Waals surface area contributed by atoms with Crippen molar-refractivity contribution in [1.29, 1.82) is 0 Å². The molecule has 0 N–H and O–H groups in total. The number of aromatic nitrogens is 3. The molecule has 0 radical (unpaired) electrons. The fourth-order valence-electron chi connectivity index (χ4n) is 3.28. The molecule has 3 aromatic rings. The molecule has 0 spiro atoms. The minimum Gasteiger partial charge on any atom is -0.332 e. The van der Waals surface area contributed by atoms with Gasteiger partial charge in [-0.1, -0.05) is 30.3 Å². The second-order valence-electron chi connectivity index (χ2n) is 6.10. The molecule has 1 aromatic carbocycles. The maximum absolute atomic E-state index is 12.9. The van der Waals surface area contributed by atoms with Crippen LogP contribution in [0.1, 0.15) is 34.8 Å². The standard InChI is InChI=1S/C20H18N4O/c25-20(24-12-4-7-18(24)15-8-10-21-11-9-15)17-13-22-19(23-14-17)16-5-2-1-3-6-16/h1-3,5-6,8-11,13-14,18H,4,7,12H2/t18-/m1/s1. The lowest BCUT2D eigenvalue weighted by atomic mass is 10.1. The minimum atomic E-state index is -0.0149. The first-order chi connectivity index (χ1) is 12.3. The topological polar surface area (TPSA) is 59.0 Å². The van der Waals surface area contributed by atoms with Gasteiger partial charge in [-0.3, -0.25) is 9.78 Å². The molecule has 5 heteroatoms. The fourth-order valence-corrected chi connectivity index (χ4v) is 3.28. The van der Waals surface area contributed by atoms with Gasteiger partial charge in [-0.2, -0.15) is 0 Å². The van der Waals surface area contributed by atoms with E-state index in [0.717, 1.165) is 30.5 Å². The lowest BCUT2D eigenvalue weighted by Crippen LogP contribution is -2.30. The van der Waals surface area contributed by atoms with Gasteiger partial charge in [0.25, 0.3) is 5.91 Å². The quantitative estimate of drug-likeness (QED) is 0.737. The molecule has 1 fully saturated rings. The molecule has 3 heterocycles. The Morgan fingerprint density at radius 3 is 2.44 bits per heavy atom. The maximum atomic E-state index is 12.9. The van der Waals surface area contributed by atoms with E-state index in [9.17, 15) is 4.79 Å². The molecule has 2 aromatic heterocycles. The van der Waals surface area contributed by atoms with E-state index in [1.165, 1.54) is 0 Å². The lowest BCUT2D eigenvalue weighted by Gasteiger charge is -2.24. The van der Waals surface area contributed by atoms with E-state index in [0.29, 0.717) is 11.4 Å². The molecular formula is C20H18N4O. The van der Waals surface area contributed by atoms with Gasteiger partial charge in [0.1, 0.15) is 0 Å². The first kappa shape index (κ1) is 15.4. The predicted octanol–water partition coefficient (Wildman–Crippen LogP) is 3.52. The van der Waals surface area contributed by atoms with Crippen molar-refractivity contribution in [2.75, 3.05) is 6.54 Å². The van der Waals surface area contributed by atoms with E-state index < -0.39 is 0 Å². The number of carbonyl (C=O) groups is 1. The fraction of sp³-hybridized carbons (Fsp3) is 0.200. The van der Waals surface area contributed by atoms with Crippen molar-refractivity contribution in [1.82, 2.24) is 19.9 Å². The Labute approximate surface area is 146 Å². The highest BCUT2D eigenvalue weighted by atomic mass is 16.2. The third-order valence-electron chi connectivity index (χ3n) is 4.54. The zero-order chi connectivity index (χ0) is 17.1. The van der Waals surface area contributed by atoms with Crippen molar-refractivity contribution < 1.29 is 4.79 Å². The summed E-state index contributed by atoms with van der Waals surface area (Å²) < 4.78 is 0. The van der Waals surface area contributed by atoms with Gasteiger partial charge >= 0.3 is 0 Å². The molecular weight excluding hydrogens is 312 g/mol. The summed E-state index contributed by atoms with van der Waals surface area (Å²) in [6.07, 6.45) is 8.77. The highest BCUT2D eigenvalue weighted by Gasteiger charge is 2.30. The summed E-state index contributed by atoms with van der Waals surface area (Å²) in [6.45, 7) is 0.756. The Hall–Kier alpha value is -3.08. The molecule has 1 amide bonds. The zero-order valence-electron chi connectivity index (χ0n) is 13.7. The smallest absolute Gasteiger partial charge is 0.257 e. The van der Waals surface area contributed by atoms with Crippen LogP contribution in [-0.4, -0.2) is 32.3 Å². The van der Waals surface area contributed by atoms with Crippen LogP contribution in [0.25, 0.3) is 11.4 Å². The van der Waals surface area contributed by atoms with Gasteiger partial charge in [-0.15, -0.1) is 0 Å². The zero-order valence-corrected chi connectivity index (χ0v) is 13.7. The molecule has 1 saturated heterocycles. The summed E-state index contributed by atoms with van der Waals surface area (Å²) in [4.78, 5) is 27.6. The van der Waals surface area contributed by atoms with Crippen molar-refractivity contribution in [3.8, 4) is 11.4 Å². The lowest BCUT2D eigenvalue weighted by molar-refractivity contribution is 0.0734. The van der Waals surface area contributed by atoms with Gasteiger partial charge in [-0.25, -0.2) is 9.97 Å². The van der Waals surface area contributed by atoms with Crippen LogP contribution in [0.15, 0.2) is 67.3 Å². The van der Waals surface area contributed by atoms with E-state index in [4.69, 9.17) is 0 Å². The highest BCUT2D eigenvalue weighted by molar-refractivity contribution is 5.94. The van der Waals surface area contributed by atoms with Crippen LogP contribution in [0.5, 0.6) is 0 Å². The molecule has 1 aliphatic heterocycles. The van der Waals surface area contributed by atoms with Crippen molar-refractivity contribution >= 4 is 5.91 Å². The summed E-state index contributed by atoms with van der Waals surface area (Å²) in [5.41, 5.74) is 2.60. The summed E-state index contributed by atoms with van der Waals surface area (Å²) >= 11 is 0. The van der Waals surface area contributed by atoms with Crippen molar-refractivity contribution in [2.45, 2.75) is 18.9 Å². The van der Waals surface area contributed by atoms with Crippen molar-refractivity contribution in [2.24, 2.45) is 0 Å². The molecule has 1 aliphatic rings. The van der Waals surface area contributed by atoms with Gasteiger partial charge in [0.15, 0.2) is 5.82 Å². The average Bonchev–Trinajstić information content (AvgIpc) is 3.19. The minimum absolute atomic E-state index is 0.0149. The Balaban J connectivity index is 1.56. The number of hydrogen-bond donors (Lipinski definition) is 0. The van der Waals surface area contributed by atoms with Crippen LogP contribution in [0.3, 0.4) is 0 Å². The Morgan fingerprint density at radius 2 is 1.72 bits per heavy atom. The van der Waals surface area contributed by atoms with Gasteiger partial charge in [-0.05, 0) is 30.5 Å². The first-order valence-corrected chi connectivity index (χ1v) is 8.41. The Kier molecular flexibility index (Phi) is 4.21. The highest BCUT2D eigenvalue weighted by Crippen LogP contribution is 2.32. The molecule has 25 heavy (non-hydrogen) atoms. The van der Waals surface area contributed by atoms with Gasteiger partial charge < -0.3 is 4.90 Å². The number of carbonyl (C=O) groups excluding carboxylic acids is 1. The van der Waals surface area contributed by atoms with Crippen molar-refractivity contribution in [3.05, 3.63) is 78.4 Å². The summed E-state index contributed by atoms with van der Waals surface area (Å²) in [5, 5.41) is 0. The SMILES string of the molecule is O=C(c1cnc(-c2ccccc2)nc1)N1CCC[C@@H]1c1ccncc1. The second kappa shape index (κ2) is 6.81. The van der Waals surface area contributed by atoms with Crippen molar-refractivity contribution in [3.63, 3.8) is 0 Å². The number of likely N-dealkylation sites (tertiary alicyclic amines) is 1. The van der Waals surface area contributed by atoms with E-state index in [-0.39, 0.29) is 11.9 Å². The molecule has 124 valence electrons. The van der Waals surface area contributed by atoms with Crippen LogP contribution in [0.4, 0.5) is 0 Å². The summed E-state index contributed by atoms with van der Waals surface area (Å²) in [5.74, 6) is 0.614. The van der Waals surface area contributed by atoms with Gasteiger partial charge in [0, 0.05) is 36.9 Å². The molecule has 4 rings (SSSR count). The van der Waals surface area contributed by atoms with E-state index in [2.05, 4.69) is 15.0 Å². The second-order valence-corrected chi connectivity index (χ2v) is 6.10. The molecule has 0 unspecified atom stereocenters. The molecule has 0 aliphatic carbocycles. The third kappa shape index (κ3) is 3.13. The maximum Gasteiger partial charge on any atom is 0.257 e. The average molecular weight is 330 g/mol. The van der Waals surface area contributed by atoms with Crippen LogP contribution in [0, 0.1) is 0 Å². The predicted molar refractivity (Wildman–Crippen MR) is 94.7 cm³/mol. The number of rotatable bonds is 3. The number of benzene rings is 1. The van der Waals surface area contributed by atoms with E-state index in [1.54, 1.807) is 24.8 Å². The first-order valence-electron chi connectivity index (χ1n) is 8.41. The summed E-state index contributed by atoms with van der Waals surface area (Å²) in [7, 11) is 0. The van der Waals surface area contributed by atoms with Gasteiger partial charge in [0.2, 0.25) is 0 Å². The number of amides is 1. The van der Waals surface area contributed by atoms with Crippen LogP contribution >= 0.6 is 0 Å². The normalized spacial score (nSPS) is 16.8. The Bertz CT molecular complexity index is 850. The molecule has 5 nitrogen and oxygen atoms in total. The largest absolute Gasteiger partial charge is 0.332 e. The molecule has 0 saturated carbocycles. The third-order valence-corrected chi connectivity index (χ3v) is 4.54. The monoisotopic (exact) mass is 330 g/mol. The molecule has 0 bridgehead atoms. The van der Waals surface area contributed by atoms with E-state index >= 15 is 0 Å². The van der Waals surface area contributed by atoms with Crippen LogP contribution < -0.4 is 0 Å². The van der Waals surface area contributed by atoms with Crippen LogP contribution in [-0.2, 0) is 0 Å². The van der Waals surface area contributed by atoms with E-state index in [1.807, 2.05) is 47.4 Å². The number of pyridine rings is 1. The van der Waals surface area contributed by atoms with Crippen LogP contribution in [0.2, 0.25) is 0 Å². The Morgan fingerprint density at radius 1 is 1.00 bits per heavy atom. The van der Waals surface area contributed by atoms with Gasteiger partial charge in [0.05, 0.1) is 11.6 Å². The number of hydrogen-bond acceptors (Lipinski definition) is 4. The number of nitrogens with zero attached hydrogens (tertiary/aromatic N) is 4.